The maximum Gasteiger partial charge on any atom is 0.269 e. The molecule has 0 fully saturated rings. The molecule has 3 rings (SSSR count). The van der Waals surface area contributed by atoms with E-state index in [1.807, 2.05) is 12.1 Å². The molecule has 0 aliphatic heterocycles. The van der Waals surface area contributed by atoms with E-state index in [-0.39, 0.29) is 16.0 Å². The van der Waals surface area contributed by atoms with Gasteiger partial charge in [-0.3, -0.25) is 14.9 Å². The molecule has 0 spiro atoms. The van der Waals surface area contributed by atoms with Crippen LogP contribution in [0.3, 0.4) is 0 Å². The number of non-ortho nitro benzene ring substituents is 1. The van der Waals surface area contributed by atoms with Gasteiger partial charge >= 0.3 is 0 Å². The van der Waals surface area contributed by atoms with Gasteiger partial charge < -0.3 is 4.42 Å². The Balaban J connectivity index is 1.80. The standard InChI is InChI=1S/C14H8N2O4S/c17-13(9-5-7-10(8-6-9)16(18)19)21-14-15-11-3-1-2-4-12(11)20-14/h1-8H. The Morgan fingerprint density at radius 3 is 2.52 bits per heavy atom. The van der Waals surface area contributed by atoms with Gasteiger partial charge in [0, 0.05) is 29.5 Å². The largest absolute Gasteiger partial charge is 0.431 e. The quantitative estimate of drug-likeness (QED) is 0.416. The van der Waals surface area contributed by atoms with Gasteiger partial charge in [-0.25, -0.2) is 4.98 Å². The van der Waals surface area contributed by atoms with Gasteiger partial charge in [-0.15, -0.1) is 0 Å². The lowest BCUT2D eigenvalue weighted by Gasteiger charge is -1.97. The Bertz CT molecular complexity index is 793. The number of nitro benzene ring substituents is 1. The Morgan fingerprint density at radius 1 is 1.14 bits per heavy atom. The molecule has 0 N–H and O–H groups in total. The van der Waals surface area contributed by atoms with E-state index < -0.39 is 4.92 Å². The molecule has 0 atom stereocenters. The van der Waals surface area contributed by atoms with Crippen molar-refractivity contribution in [3.8, 4) is 0 Å². The zero-order valence-electron chi connectivity index (χ0n) is 10.6. The predicted molar refractivity (Wildman–Crippen MR) is 77.3 cm³/mol. The second-order valence-corrected chi connectivity index (χ2v) is 5.07. The van der Waals surface area contributed by atoms with Crippen molar-refractivity contribution in [2.24, 2.45) is 0 Å². The lowest BCUT2D eigenvalue weighted by molar-refractivity contribution is -0.384. The number of thioether (sulfide) groups is 1. The van der Waals surface area contributed by atoms with E-state index in [1.165, 1.54) is 24.3 Å². The van der Waals surface area contributed by atoms with Crippen LogP contribution in [0.1, 0.15) is 10.4 Å². The van der Waals surface area contributed by atoms with Gasteiger partial charge in [0.25, 0.3) is 10.9 Å². The highest BCUT2D eigenvalue weighted by atomic mass is 32.2. The normalized spacial score (nSPS) is 10.7. The van der Waals surface area contributed by atoms with Crippen LogP contribution in [0.5, 0.6) is 0 Å². The fraction of sp³-hybridized carbons (Fsp3) is 0. The molecule has 3 aromatic rings. The molecule has 0 bridgehead atoms. The molecule has 21 heavy (non-hydrogen) atoms. The minimum absolute atomic E-state index is 0.0570. The molecule has 1 aromatic heterocycles. The summed E-state index contributed by atoms with van der Waals surface area (Å²) in [5, 5.41) is 10.5. The molecular formula is C14H8N2O4S. The first-order valence-electron chi connectivity index (χ1n) is 5.96. The van der Waals surface area contributed by atoms with E-state index in [1.54, 1.807) is 12.1 Å². The number of oxazole rings is 1. The van der Waals surface area contributed by atoms with E-state index in [0.29, 0.717) is 16.7 Å². The minimum atomic E-state index is -0.512. The molecule has 0 aliphatic rings. The van der Waals surface area contributed by atoms with Crippen LogP contribution in [0.15, 0.2) is 58.2 Å². The van der Waals surface area contributed by atoms with E-state index in [0.717, 1.165) is 11.8 Å². The van der Waals surface area contributed by atoms with E-state index in [9.17, 15) is 14.9 Å². The van der Waals surface area contributed by atoms with Crippen LogP contribution < -0.4 is 0 Å². The van der Waals surface area contributed by atoms with Crippen molar-refractivity contribution in [2.45, 2.75) is 5.22 Å². The summed E-state index contributed by atoms with van der Waals surface area (Å²) in [6.07, 6.45) is 0. The van der Waals surface area contributed by atoms with Crippen LogP contribution in [-0.2, 0) is 0 Å². The van der Waals surface area contributed by atoms with Crippen molar-refractivity contribution >= 4 is 33.7 Å². The van der Waals surface area contributed by atoms with Crippen molar-refractivity contribution < 1.29 is 14.1 Å². The fourth-order valence-corrected chi connectivity index (χ4v) is 2.44. The van der Waals surface area contributed by atoms with Gasteiger partial charge in [-0.1, -0.05) is 12.1 Å². The average Bonchev–Trinajstić information content (AvgIpc) is 2.89. The SMILES string of the molecule is O=C(Sc1nc2ccccc2o1)c1ccc([N+](=O)[O-])cc1. The summed E-state index contributed by atoms with van der Waals surface area (Å²) in [4.78, 5) is 26.3. The first-order valence-corrected chi connectivity index (χ1v) is 6.77. The average molecular weight is 300 g/mol. The van der Waals surface area contributed by atoms with Crippen molar-refractivity contribution in [1.82, 2.24) is 4.98 Å². The summed E-state index contributed by atoms with van der Waals surface area (Å²) < 4.78 is 5.44. The Labute approximate surface area is 122 Å². The molecule has 7 heteroatoms. The third-order valence-corrected chi connectivity index (χ3v) is 3.54. The van der Waals surface area contributed by atoms with Crippen LogP contribution >= 0.6 is 11.8 Å². The van der Waals surface area contributed by atoms with Crippen LogP contribution in [-0.4, -0.2) is 15.0 Å². The van der Waals surface area contributed by atoms with Crippen LogP contribution in [0.25, 0.3) is 11.1 Å². The number of nitro groups is 1. The molecule has 2 aromatic carbocycles. The van der Waals surface area contributed by atoms with Gasteiger partial charge in [-0.2, -0.15) is 0 Å². The Morgan fingerprint density at radius 2 is 1.86 bits per heavy atom. The third-order valence-electron chi connectivity index (χ3n) is 2.77. The molecule has 0 unspecified atom stereocenters. The van der Waals surface area contributed by atoms with Crippen molar-refractivity contribution in [2.75, 3.05) is 0 Å². The smallest absolute Gasteiger partial charge is 0.269 e. The van der Waals surface area contributed by atoms with Gasteiger partial charge in [0.15, 0.2) is 5.58 Å². The lowest BCUT2D eigenvalue weighted by Crippen LogP contribution is -1.94. The molecule has 0 amide bonds. The van der Waals surface area contributed by atoms with Gasteiger partial charge in [-0.05, 0) is 24.3 Å². The number of hydrogen-bond acceptors (Lipinski definition) is 6. The zero-order chi connectivity index (χ0) is 14.8. The van der Waals surface area contributed by atoms with Crippen LogP contribution in [0.4, 0.5) is 5.69 Å². The van der Waals surface area contributed by atoms with E-state index >= 15 is 0 Å². The zero-order valence-corrected chi connectivity index (χ0v) is 11.4. The molecule has 104 valence electrons. The highest BCUT2D eigenvalue weighted by Gasteiger charge is 2.14. The number of nitrogens with zero attached hydrogens (tertiary/aromatic N) is 2. The third kappa shape index (κ3) is 2.77. The number of rotatable bonds is 3. The number of aromatic nitrogens is 1. The monoisotopic (exact) mass is 300 g/mol. The Hall–Kier alpha value is -2.67. The predicted octanol–water partition coefficient (Wildman–Crippen LogP) is 3.67. The van der Waals surface area contributed by atoms with Gasteiger partial charge in [0.2, 0.25) is 5.12 Å². The second-order valence-electron chi connectivity index (χ2n) is 4.14. The van der Waals surface area contributed by atoms with Crippen molar-refractivity contribution in [3.63, 3.8) is 0 Å². The Kier molecular flexibility index (Phi) is 3.41. The topological polar surface area (TPSA) is 86.2 Å². The number of carbonyl (C=O) groups excluding carboxylic acids is 1. The summed E-state index contributed by atoms with van der Waals surface area (Å²) in [7, 11) is 0. The van der Waals surface area contributed by atoms with E-state index in [4.69, 9.17) is 4.42 Å². The second kappa shape index (κ2) is 5.37. The number of benzene rings is 2. The van der Waals surface area contributed by atoms with E-state index in [2.05, 4.69) is 4.98 Å². The minimum Gasteiger partial charge on any atom is -0.431 e. The van der Waals surface area contributed by atoms with Crippen LogP contribution in [0, 0.1) is 10.1 Å². The molecule has 0 radical (unpaired) electrons. The summed E-state index contributed by atoms with van der Waals surface area (Å²) in [5.74, 6) is 0. The summed E-state index contributed by atoms with van der Waals surface area (Å²) in [5.41, 5.74) is 1.58. The first kappa shape index (κ1) is 13.3. The molecule has 0 saturated carbocycles. The summed E-state index contributed by atoms with van der Waals surface area (Å²) >= 11 is 0.850. The molecule has 6 nitrogen and oxygen atoms in total. The fourth-order valence-electron chi connectivity index (χ4n) is 1.75. The number of para-hydroxylation sites is 2. The van der Waals surface area contributed by atoms with Crippen molar-refractivity contribution in [3.05, 3.63) is 64.2 Å². The highest BCUT2D eigenvalue weighted by molar-refractivity contribution is 8.14. The maximum atomic E-state index is 12.1. The maximum absolute atomic E-state index is 12.1. The molecule has 1 heterocycles. The summed E-state index contributed by atoms with van der Waals surface area (Å²) in [6, 6.07) is 12.6. The van der Waals surface area contributed by atoms with Gasteiger partial charge in [0.1, 0.15) is 5.52 Å². The molecular weight excluding hydrogens is 292 g/mol. The van der Waals surface area contributed by atoms with Gasteiger partial charge in [0.05, 0.1) is 4.92 Å². The highest BCUT2D eigenvalue weighted by Crippen LogP contribution is 2.26. The number of carbonyl (C=O) groups is 1. The summed E-state index contributed by atoms with van der Waals surface area (Å²) in [6.45, 7) is 0. The molecule has 0 aliphatic carbocycles. The molecule has 0 saturated heterocycles. The van der Waals surface area contributed by atoms with Crippen molar-refractivity contribution in [1.29, 1.82) is 0 Å². The number of fused-ring (bicyclic) bond motifs is 1. The number of hydrogen-bond donors (Lipinski definition) is 0. The first-order chi connectivity index (χ1) is 10.1. The van der Waals surface area contributed by atoms with Crippen LogP contribution in [0.2, 0.25) is 0 Å². The lowest BCUT2D eigenvalue weighted by atomic mass is 10.2.